The number of hydrogen-bond donors (Lipinski definition) is 0. The minimum absolute atomic E-state index is 0.499. The summed E-state index contributed by atoms with van der Waals surface area (Å²) in [6.45, 7) is 0. The van der Waals surface area contributed by atoms with E-state index in [0.717, 1.165) is 16.4 Å². The molecule has 0 aliphatic heterocycles. The Morgan fingerprint density at radius 1 is 1.17 bits per heavy atom. The fourth-order valence-corrected chi connectivity index (χ4v) is 2.91. The maximum Gasteiger partial charge on any atom is 0.157 e. The van der Waals surface area contributed by atoms with E-state index in [-0.39, 0.29) is 0 Å². The smallest absolute Gasteiger partial charge is 0.157 e. The summed E-state index contributed by atoms with van der Waals surface area (Å²) in [5, 5.41) is 5.74. The Kier molecular flexibility index (Phi) is 3.21. The lowest BCUT2D eigenvalue weighted by atomic mass is 10.2. The molecule has 90 valence electrons. The van der Waals surface area contributed by atoms with Crippen molar-refractivity contribution in [2.24, 2.45) is 0 Å². The van der Waals surface area contributed by atoms with Crippen molar-refractivity contribution < 1.29 is 0 Å². The topological polar surface area (TPSA) is 30.2 Å². The molecule has 18 heavy (non-hydrogen) atoms. The minimum atomic E-state index is 0.499. The second kappa shape index (κ2) is 5.00. The van der Waals surface area contributed by atoms with Crippen LogP contribution in [0.5, 0.6) is 0 Å². The molecule has 0 bridgehead atoms. The highest BCUT2D eigenvalue weighted by Crippen LogP contribution is 2.25. The zero-order chi connectivity index (χ0) is 12.4. The molecular weight excluding hydrogens is 266 g/mol. The highest BCUT2D eigenvalue weighted by molar-refractivity contribution is 7.98. The molecule has 0 fully saturated rings. The van der Waals surface area contributed by atoms with Crippen molar-refractivity contribution in [3.8, 4) is 0 Å². The predicted octanol–water partition coefficient (Wildman–Crippen LogP) is 3.68. The number of aromatic nitrogens is 3. The maximum atomic E-state index is 6.00. The van der Waals surface area contributed by atoms with Crippen molar-refractivity contribution in [2.75, 3.05) is 0 Å². The molecule has 0 radical (unpaired) electrons. The third-order valence-corrected chi connectivity index (χ3v) is 3.78. The van der Waals surface area contributed by atoms with Crippen LogP contribution in [-0.2, 0) is 5.75 Å². The zero-order valence-electron chi connectivity index (χ0n) is 9.45. The van der Waals surface area contributed by atoms with Gasteiger partial charge in [0.2, 0.25) is 0 Å². The normalized spacial score (nSPS) is 10.9. The Bertz CT molecular complexity index is 666. The van der Waals surface area contributed by atoms with Gasteiger partial charge in [-0.3, -0.25) is 0 Å². The molecule has 0 amide bonds. The third-order valence-electron chi connectivity index (χ3n) is 2.52. The van der Waals surface area contributed by atoms with E-state index in [9.17, 15) is 0 Å². The Morgan fingerprint density at radius 3 is 2.83 bits per heavy atom. The Morgan fingerprint density at radius 2 is 2.00 bits per heavy atom. The number of nitrogens with zero attached hydrogens (tertiary/aromatic N) is 3. The molecule has 1 aromatic carbocycles. The molecule has 0 aliphatic rings. The van der Waals surface area contributed by atoms with Gasteiger partial charge >= 0.3 is 0 Å². The van der Waals surface area contributed by atoms with Crippen molar-refractivity contribution >= 4 is 29.0 Å². The SMILES string of the molecule is Clc1cc(SCc2ccccc2)n2nccc2n1. The minimum Gasteiger partial charge on any atom is -0.217 e. The van der Waals surface area contributed by atoms with Crippen molar-refractivity contribution in [1.29, 1.82) is 0 Å². The number of halogens is 1. The van der Waals surface area contributed by atoms with Gasteiger partial charge in [0.15, 0.2) is 5.65 Å². The average molecular weight is 276 g/mol. The van der Waals surface area contributed by atoms with Crippen molar-refractivity contribution in [3.63, 3.8) is 0 Å². The Balaban J connectivity index is 1.88. The quantitative estimate of drug-likeness (QED) is 0.540. The molecule has 3 rings (SSSR count). The monoisotopic (exact) mass is 275 g/mol. The van der Waals surface area contributed by atoms with Gasteiger partial charge in [0, 0.05) is 17.9 Å². The summed E-state index contributed by atoms with van der Waals surface area (Å²) >= 11 is 7.69. The van der Waals surface area contributed by atoms with E-state index in [2.05, 4.69) is 22.2 Å². The molecule has 0 unspecified atom stereocenters. The lowest BCUT2D eigenvalue weighted by Crippen LogP contribution is -1.95. The van der Waals surface area contributed by atoms with Crippen LogP contribution in [0.2, 0.25) is 5.15 Å². The summed E-state index contributed by atoms with van der Waals surface area (Å²) < 4.78 is 1.81. The Hall–Kier alpha value is -1.52. The van der Waals surface area contributed by atoms with E-state index in [0.29, 0.717) is 5.15 Å². The van der Waals surface area contributed by atoms with Crippen LogP contribution in [0, 0.1) is 0 Å². The van der Waals surface area contributed by atoms with Gasteiger partial charge in [0.25, 0.3) is 0 Å². The highest BCUT2D eigenvalue weighted by Gasteiger charge is 2.06. The molecule has 0 saturated heterocycles. The molecule has 3 aromatic rings. The first-order valence-corrected chi connectivity index (χ1v) is 6.86. The lowest BCUT2D eigenvalue weighted by molar-refractivity contribution is 0.843. The van der Waals surface area contributed by atoms with Crippen LogP contribution in [0.25, 0.3) is 5.65 Å². The van der Waals surface area contributed by atoms with Gasteiger partial charge in [0.05, 0.1) is 6.20 Å². The zero-order valence-corrected chi connectivity index (χ0v) is 11.0. The lowest BCUT2D eigenvalue weighted by Gasteiger charge is -2.05. The molecule has 0 atom stereocenters. The molecule has 2 heterocycles. The first-order valence-electron chi connectivity index (χ1n) is 5.50. The molecule has 0 N–H and O–H groups in total. The van der Waals surface area contributed by atoms with Crippen LogP contribution in [0.4, 0.5) is 0 Å². The number of thioether (sulfide) groups is 1. The van der Waals surface area contributed by atoms with Crippen LogP contribution in [-0.4, -0.2) is 14.6 Å². The number of hydrogen-bond acceptors (Lipinski definition) is 3. The molecule has 0 spiro atoms. The molecule has 0 aliphatic carbocycles. The highest BCUT2D eigenvalue weighted by atomic mass is 35.5. The number of rotatable bonds is 3. The van der Waals surface area contributed by atoms with Gasteiger partial charge in [-0.25, -0.2) is 9.50 Å². The number of fused-ring (bicyclic) bond motifs is 1. The summed E-state index contributed by atoms with van der Waals surface area (Å²) in [6, 6.07) is 14.0. The molecule has 5 heteroatoms. The maximum absolute atomic E-state index is 6.00. The fourth-order valence-electron chi connectivity index (χ4n) is 1.69. The summed E-state index contributed by atoms with van der Waals surface area (Å²) in [5.74, 6) is 0.885. The third kappa shape index (κ3) is 2.35. The largest absolute Gasteiger partial charge is 0.217 e. The van der Waals surface area contributed by atoms with Crippen LogP contribution in [0.3, 0.4) is 0 Å². The molecule has 2 aromatic heterocycles. The van der Waals surface area contributed by atoms with Crippen molar-refractivity contribution in [2.45, 2.75) is 10.8 Å². The van der Waals surface area contributed by atoms with Gasteiger partial charge in [0.1, 0.15) is 10.2 Å². The summed E-state index contributed by atoms with van der Waals surface area (Å²) in [7, 11) is 0. The first kappa shape index (κ1) is 11.6. The van der Waals surface area contributed by atoms with E-state index in [4.69, 9.17) is 11.6 Å². The van der Waals surface area contributed by atoms with Gasteiger partial charge in [-0.2, -0.15) is 5.10 Å². The first-order chi connectivity index (χ1) is 8.83. The van der Waals surface area contributed by atoms with Crippen molar-refractivity contribution in [3.05, 3.63) is 59.4 Å². The van der Waals surface area contributed by atoms with E-state index < -0.39 is 0 Å². The van der Waals surface area contributed by atoms with Gasteiger partial charge in [-0.15, -0.1) is 11.8 Å². The summed E-state index contributed by atoms with van der Waals surface area (Å²) in [5.41, 5.74) is 2.05. The average Bonchev–Trinajstić information content (AvgIpc) is 2.85. The van der Waals surface area contributed by atoms with Crippen LogP contribution in [0.15, 0.2) is 53.7 Å². The van der Waals surface area contributed by atoms with Crippen molar-refractivity contribution in [1.82, 2.24) is 14.6 Å². The van der Waals surface area contributed by atoms with Crippen LogP contribution >= 0.6 is 23.4 Å². The summed E-state index contributed by atoms with van der Waals surface area (Å²) in [6.07, 6.45) is 1.73. The second-order valence-electron chi connectivity index (χ2n) is 3.79. The molecule has 0 saturated carbocycles. The predicted molar refractivity (Wildman–Crippen MR) is 74.0 cm³/mol. The van der Waals surface area contributed by atoms with Gasteiger partial charge in [-0.1, -0.05) is 41.9 Å². The molecular formula is C13H10ClN3S. The van der Waals surface area contributed by atoms with Crippen LogP contribution < -0.4 is 0 Å². The molecule has 3 nitrogen and oxygen atoms in total. The van der Waals surface area contributed by atoms with Gasteiger partial charge < -0.3 is 0 Å². The van der Waals surface area contributed by atoms with E-state index in [1.54, 1.807) is 22.5 Å². The van der Waals surface area contributed by atoms with E-state index >= 15 is 0 Å². The van der Waals surface area contributed by atoms with E-state index in [1.807, 2.05) is 30.3 Å². The second-order valence-corrected chi connectivity index (χ2v) is 5.18. The van der Waals surface area contributed by atoms with E-state index in [1.165, 1.54) is 5.56 Å². The Labute approximate surface area is 114 Å². The van der Waals surface area contributed by atoms with Gasteiger partial charge in [-0.05, 0) is 5.56 Å². The fraction of sp³-hybridized carbons (Fsp3) is 0.0769. The van der Waals surface area contributed by atoms with Crippen LogP contribution in [0.1, 0.15) is 5.56 Å². The standard InChI is InChI=1S/C13H10ClN3S/c14-11-8-13(17-12(16-11)6-7-15-17)18-9-10-4-2-1-3-5-10/h1-8H,9H2. The summed E-state index contributed by atoms with van der Waals surface area (Å²) in [4.78, 5) is 4.20. The number of benzene rings is 1.